The predicted molar refractivity (Wildman–Crippen MR) is 166 cm³/mol. The van der Waals surface area contributed by atoms with Gasteiger partial charge in [-0.3, -0.25) is 14.7 Å². The largest absolute Gasteiger partial charge is 0.416 e. The van der Waals surface area contributed by atoms with Crippen molar-refractivity contribution in [1.29, 1.82) is 0 Å². The van der Waals surface area contributed by atoms with Crippen LogP contribution in [0.2, 0.25) is 0 Å². The topological polar surface area (TPSA) is 89.2 Å². The lowest BCUT2D eigenvalue weighted by atomic mass is 10.1. The van der Waals surface area contributed by atoms with Crippen molar-refractivity contribution >= 4 is 23.0 Å². The van der Waals surface area contributed by atoms with Gasteiger partial charge in [0.05, 0.1) is 11.3 Å². The molecular formula is C33H34F3N7O. The number of H-pyrrole nitrogens is 1. The third-order valence-corrected chi connectivity index (χ3v) is 7.20. The Morgan fingerprint density at radius 1 is 0.932 bits per heavy atom. The van der Waals surface area contributed by atoms with Crippen LogP contribution in [-0.4, -0.2) is 63.9 Å². The molecule has 0 saturated carbocycles. The Balaban J connectivity index is 1.38. The van der Waals surface area contributed by atoms with Gasteiger partial charge in [0.1, 0.15) is 5.82 Å². The number of alkyl halides is 3. The third kappa shape index (κ3) is 8.42. The molecule has 1 aliphatic heterocycles. The molecule has 8 nitrogen and oxygen atoms in total. The first-order valence-corrected chi connectivity index (χ1v) is 14.2. The maximum Gasteiger partial charge on any atom is 0.416 e. The average Bonchev–Trinajstić information content (AvgIpc) is 3.08. The van der Waals surface area contributed by atoms with Gasteiger partial charge in [0.2, 0.25) is 0 Å². The molecule has 11 heteroatoms. The molecule has 228 valence electrons. The van der Waals surface area contributed by atoms with Crippen LogP contribution in [0.3, 0.4) is 0 Å². The molecule has 1 amide bonds. The van der Waals surface area contributed by atoms with Gasteiger partial charge in [-0.2, -0.15) is 13.2 Å². The first-order chi connectivity index (χ1) is 21.1. The van der Waals surface area contributed by atoms with Crippen LogP contribution in [0, 0.1) is 6.92 Å². The number of benzene rings is 2. The molecule has 3 heterocycles. The summed E-state index contributed by atoms with van der Waals surface area (Å²) in [7, 11) is 2.02. The molecule has 0 spiro atoms. The van der Waals surface area contributed by atoms with Crippen molar-refractivity contribution < 1.29 is 18.0 Å². The van der Waals surface area contributed by atoms with Gasteiger partial charge in [0.25, 0.3) is 5.91 Å². The standard InChI is InChI=1S/C33H34F3N7O/c1-23-38-11-5-9-29(20-31(39-23)26-7-4-10-37-21-26)40-28-8-3-6-25(18-28)32(44)41-30-17-24(16-27(19-30)33(34,35)36)22-43-14-12-42(2)13-15-43/h3-11,16-21,40H,12-15,22H2,1-2H3,(H,38,39)(H,41,44). The number of nitrogens with one attached hydrogen (secondary N) is 3. The van der Waals surface area contributed by atoms with Crippen molar-refractivity contribution in [3.63, 3.8) is 0 Å². The number of carbonyl (C=O) groups is 1. The molecule has 0 bridgehead atoms. The van der Waals surface area contributed by atoms with Crippen molar-refractivity contribution in [2.24, 2.45) is 0 Å². The summed E-state index contributed by atoms with van der Waals surface area (Å²) >= 11 is 0. The number of carbonyl (C=O) groups excluding carboxylic acids is 1. The lowest BCUT2D eigenvalue weighted by Crippen LogP contribution is -2.43. The summed E-state index contributed by atoms with van der Waals surface area (Å²) in [6.07, 6.45) is 0.632. The fourth-order valence-electron chi connectivity index (χ4n) is 4.89. The van der Waals surface area contributed by atoms with Crippen LogP contribution in [0.5, 0.6) is 0 Å². The van der Waals surface area contributed by atoms with E-state index in [0.717, 1.165) is 43.9 Å². The highest BCUT2D eigenvalue weighted by Crippen LogP contribution is 2.33. The van der Waals surface area contributed by atoms with Gasteiger partial charge in [-0.05, 0) is 86.3 Å². The minimum atomic E-state index is -4.54. The zero-order valence-electron chi connectivity index (χ0n) is 24.5. The second-order valence-electron chi connectivity index (χ2n) is 10.7. The summed E-state index contributed by atoms with van der Waals surface area (Å²) in [6, 6.07) is 19.8. The Hall–Kier alpha value is -4.74. The molecule has 0 radical (unpaired) electrons. The number of aryl methyl sites for hydroxylation is 1. The molecular weight excluding hydrogens is 567 g/mol. The van der Waals surface area contributed by atoms with Crippen LogP contribution in [0.4, 0.5) is 30.2 Å². The number of halogens is 3. The van der Waals surface area contributed by atoms with E-state index in [0.29, 0.717) is 40.6 Å². The zero-order valence-corrected chi connectivity index (χ0v) is 24.5. The number of hydrogen-bond donors (Lipinski definition) is 3. The van der Waals surface area contributed by atoms with Crippen LogP contribution < -0.4 is 10.6 Å². The number of nitrogens with zero attached hydrogens (tertiary/aromatic N) is 4. The lowest BCUT2D eigenvalue weighted by molar-refractivity contribution is -0.137. The van der Waals surface area contributed by atoms with Crippen molar-refractivity contribution in [3.8, 4) is 11.3 Å². The van der Waals surface area contributed by atoms with E-state index >= 15 is 0 Å². The summed E-state index contributed by atoms with van der Waals surface area (Å²) < 4.78 is 41.3. The number of likely N-dealkylation sites (N-methyl/N-ethyl adjacent to an activating group) is 1. The van der Waals surface area contributed by atoms with E-state index in [-0.39, 0.29) is 5.69 Å². The van der Waals surface area contributed by atoms with Crippen molar-refractivity contribution in [2.45, 2.75) is 19.6 Å². The SMILES string of the molecule is Cc1nc(-c2cccnc2)cc(Nc2cccc(C(=O)Nc3cc(CN4CCN(C)CC4)cc(C(F)(F)F)c3)c2)ccc[nH]1. The van der Waals surface area contributed by atoms with Gasteiger partial charge in [-0.15, -0.1) is 0 Å². The van der Waals surface area contributed by atoms with E-state index in [1.165, 1.54) is 0 Å². The number of aromatic nitrogens is 3. The minimum absolute atomic E-state index is 0.0983. The van der Waals surface area contributed by atoms with E-state index in [2.05, 4.69) is 35.4 Å². The van der Waals surface area contributed by atoms with Crippen LogP contribution in [0.1, 0.15) is 27.3 Å². The van der Waals surface area contributed by atoms with Crippen molar-refractivity contribution in [1.82, 2.24) is 24.8 Å². The van der Waals surface area contributed by atoms with E-state index in [4.69, 9.17) is 0 Å². The van der Waals surface area contributed by atoms with Crippen LogP contribution >= 0.6 is 0 Å². The molecule has 0 aliphatic carbocycles. The lowest BCUT2D eigenvalue weighted by Gasteiger charge is -2.32. The maximum atomic E-state index is 13.8. The third-order valence-electron chi connectivity index (χ3n) is 7.20. The van der Waals surface area contributed by atoms with E-state index in [1.807, 2.05) is 44.3 Å². The Bertz CT molecular complexity index is 1650. The molecule has 44 heavy (non-hydrogen) atoms. The second-order valence-corrected chi connectivity index (χ2v) is 10.7. The van der Waals surface area contributed by atoms with Crippen LogP contribution in [0.25, 0.3) is 11.3 Å². The van der Waals surface area contributed by atoms with Crippen molar-refractivity contribution in [2.75, 3.05) is 43.9 Å². The maximum absolute atomic E-state index is 13.8. The smallest absolute Gasteiger partial charge is 0.355 e. The Labute approximate surface area is 254 Å². The number of piperazine rings is 1. The highest BCUT2D eigenvalue weighted by Gasteiger charge is 2.31. The van der Waals surface area contributed by atoms with Gasteiger partial charge < -0.3 is 20.5 Å². The van der Waals surface area contributed by atoms with E-state index < -0.39 is 17.6 Å². The Morgan fingerprint density at radius 3 is 2.45 bits per heavy atom. The highest BCUT2D eigenvalue weighted by molar-refractivity contribution is 6.05. The Morgan fingerprint density at radius 2 is 1.70 bits per heavy atom. The number of anilines is 3. The van der Waals surface area contributed by atoms with Gasteiger partial charge >= 0.3 is 6.18 Å². The van der Waals surface area contributed by atoms with Gasteiger partial charge in [-0.1, -0.05) is 6.07 Å². The number of amides is 1. The molecule has 1 saturated heterocycles. The molecule has 1 fully saturated rings. The van der Waals surface area contributed by atoms with E-state index in [1.54, 1.807) is 48.9 Å². The van der Waals surface area contributed by atoms with Gasteiger partial charge in [0.15, 0.2) is 0 Å². The number of hydrogen-bond acceptors (Lipinski definition) is 6. The quantitative estimate of drug-likeness (QED) is 0.219. The number of rotatable bonds is 7. The summed E-state index contributed by atoms with van der Waals surface area (Å²) in [5.41, 5.74) is 2.91. The molecule has 5 rings (SSSR count). The normalized spacial score (nSPS) is 14.1. The first-order valence-electron chi connectivity index (χ1n) is 14.2. The molecule has 0 atom stereocenters. The van der Waals surface area contributed by atoms with Gasteiger partial charge in [0, 0.05) is 79.5 Å². The first kappa shape index (κ1) is 30.7. The molecule has 4 aromatic rings. The predicted octanol–water partition coefficient (Wildman–Crippen LogP) is 6.67. The number of pyridine rings is 1. The molecule has 2 aromatic heterocycles. The molecule has 2 aromatic carbocycles. The molecule has 3 N–H and O–H groups in total. The van der Waals surface area contributed by atoms with Gasteiger partial charge in [-0.25, -0.2) is 4.98 Å². The van der Waals surface area contributed by atoms with Crippen molar-refractivity contribution in [3.05, 3.63) is 114 Å². The fraction of sp³-hybridized carbons (Fsp3) is 0.242. The summed E-state index contributed by atoms with van der Waals surface area (Å²) in [4.78, 5) is 29.5. The molecule has 1 aliphatic rings. The Kier molecular flexibility index (Phi) is 9.56. The van der Waals surface area contributed by atoms with Crippen LogP contribution in [-0.2, 0) is 12.7 Å². The zero-order chi connectivity index (χ0) is 31.1. The average molecular weight is 602 g/mol. The summed E-state index contributed by atoms with van der Waals surface area (Å²) in [6.45, 7) is 5.46. The second kappa shape index (κ2) is 13.7. The van der Waals surface area contributed by atoms with Crippen LogP contribution in [0.15, 0.2) is 91.4 Å². The number of aromatic amines is 1. The minimum Gasteiger partial charge on any atom is -0.355 e. The highest BCUT2D eigenvalue weighted by atomic mass is 19.4. The van der Waals surface area contributed by atoms with E-state index in [9.17, 15) is 18.0 Å². The molecule has 0 unspecified atom stereocenters. The monoisotopic (exact) mass is 601 g/mol. The fourth-order valence-corrected chi connectivity index (χ4v) is 4.89. The summed E-state index contributed by atoms with van der Waals surface area (Å²) in [5.74, 6) is 0.184. The summed E-state index contributed by atoms with van der Waals surface area (Å²) in [5, 5.41) is 6.00.